The SMILES string of the molecule is CCCCOCCOCCOCCC(CCl)C(C)C. The zero-order chi connectivity index (χ0) is 14.3. The predicted octanol–water partition coefficient (Wildman–Crippen LogP) is 3.74. The van der Waals surface area contributed by atoms with Crippen molar-refractivity contribution in [3.05, 3.63) is 0 Å². The summed E-state index contributed by atoms with van der Waals surface area (Å²) >= 11 is 5.90. The Labute approximate surface area is 123 Å². The quantitative estimate of drug-likeness (QED) is 0.361. The van der Waals surface area contributed by atoms with Crippen LogP contribution in [0.4, 0.5) is 0 Å². The van der Waals surface area contributed by atoms with Gasteiger partial charge in [-0.2, -0.15) is 0 Å². The van der Waals surface area contributed by atoms with Crippen molar-refractivity contribution in [2.45, 2.75) is 40.0 Å². The Kier molecular flexibility index (Phi) is 14.7. The molecular weight excluding hydrogens is 264 g/mol. The highest BCUT2D eigenvalue weighted by Gasteiger charge is 2.11. The molecule has 116 valence electrons. The van der Waals surface area contributed by atoms with Crippen molar-refractivity contribution in [2.24, 2.45) is 11.8 Å². The van der Waals surface area contributed by atoms with E-state index >= 15 is 0 Å². The van der Waals surface area contributed by atoms with E-state index in [9.17, 15) is 0 Å². The molecule has 0 fully saturated rings. The van der Waals surface area contributed by atoms with Crippen molar-refractivity contribution in [1.29, 1.82) is 0 Å². The first kappa shape index (κ1) is 19.2. The number of ether oxygens (including phenoxy) is 3. The van der Waals surface area contributed by atoms with Crippen LogP contribution in [-0.4, -0.2) is 45.5 Å². The zero-order valence-electron chi connectivity index (χ0n) is 12.8. The molecule has 0 aliphatic heterocycles. The van der Waals surface area contributed by atoms with Crippen molar-refractivity contribution in [2.75, 3.05) is 45.5 Å². The van der Waals surface area contributed by atoms with Gasteiger partial charge < -0.3 is 14.2 Å². The van der Waals surface area contributed by atoms with E-state index in [1.165, 1.54) is 6.42 Å². The molecule has 0 amide bonds. The summed E-state index contributed by atoms with van der Waals surface area (Å²) in [5, 5.41) is 0. The van der Waals surface area contributed by atoms with Gasteiger partial charge in [-0.05, 0) is 24.7 Å². The van der Waals surface area contributed by atoms with Crippen molar-refractivity contribution < 1.29 is 14.2 Å². The van der Waals surface area contributed by atoms with Gasteiger partial charge in [0.25, 0.3) is 0 Å². The molecule has 0 rings (SSSR count). The third-order valence-electron chi connectivity index (χ3n) is 3.16. The second-order valence-electron chi connectivity index (χ2n) is 5.14. The van der Waals surface area contributed by atoms with Crippen molar-refractivity contribution in [1.82, 2.24) is 0 Å². The molecular formula is C15H31ClO3. The van der Waals surface area contributed by atoms with E-state index in [-0.39, 0.29) is 0 Å². The van der Waals surface area contributed by atoms with Gasteiger partial charge in [-0.15, -0.1) is 11.6 Å². The fraction of sp³-hybridized carbons (Fsp3) is 1.00. The molecule has 0 aromatic heterocycles. The van der Waals surface area contributed by atoms with Gasteiger partial charge in [-0.3, -0.25) is 0 Å². The topological polar surface area (TPSA) is 27.7 Å². The van der Waals surface area contributed by atoms with Gasteiger partial charge in [0, 0.05) is 19.1 Å². The second-order valence-corrected chi connectivity index (χ2v) is 5.45. The van der Waals surface area contributed by atoms with Crippen molar-refractivity contribution >= 4 is 11.6 Å². The maximum absolute atomic E-state index is 5.90. The highest BCUT2D eigenvalue weighted by molar-refractivity contribution is 6.18. The normalized spacial score (nSPS) is 13.1. The molecule has 3 nitrogen and oxygen atoms in total. The van der Waals surface area contributed by atoms with Crippen LogP contribution in [0.2, 0.25) is 0 Å². The largest absolute Gasteiger partial charge is 0.379 e. The molecule has 0 spiro atoms. The van der Waals surface area contributed by atoms with E-state index in [0.717, 1.165) is 26.1 Å². The first-order valence-electron chi connectivity index (χ1n) is 7.51. The van der Waals surface area contributed by atoms with E-state index in [0.29, 0.717) is 44.1 Å². The van der Waals surface area contributed by atoms with Gasteiger partial charge in [0.15, 0.2) is 0 Å². The summed E-state index contributed by atoms with van der Waals surface area (Å²) in [5.74, 6) is 1.89. The summed E-state index contributed by atoms with van der Waals surface area (Å²) in [6.45, 7) is 10.8. The van der Waals surface area contributed by atoms with Gasteiger partial charge in [0.2, 0.25) is 0 Å². The second kappa shape index (κ2) is 14.6. The average molecular weight is 295 g/mol. The van der Waals surface area contributed by atoms with E-state index in [1.54, 1.807) is 0 Å². The summed E-state index contributed by atoms with van der Waals surface area (Å²) in [4.78, 5) is 0. The van der Waals surface area contributed by atoms with Crippen LogP contribution in [0.3, 0.4) is 0 Å². The number of hydrogen-bond acceptors (Lipinski definition) is 3. The maximum Gasteiger partial charge on any atom is 0.0701 e. The fourth-order valence-electron chi connectivity index (χ4n) is 1.61. The molecule has 0 saturated heterocycles. The number of rotatable bonds is 14. The lowest BCUT2D eigenvalue weighted by Crippen LogP contribution is -2.15. The summed E-state index contributed by atoms with van der Waals surface area (Å²) < 4.78 is 16.3. The van der Waals surface area contributed by atoms with Crippen LogP contribution >= 0.6 is 11.6 Å². The highest BCUT2D eigenvalue weighted by Crippen LogP contribution is 2.16. The average Bonchev–Trinajstić information content (AvgIpc) is 2.40. The number of unbranched alkanes of at least 4 members (excludes halogenated alkanes) is 1. The first-order chi connectivity index (χ1) is 9.22. The molecule has 0 saturated carbocycles. The molecule has 0 bridgehead atoms. The smallest absolute Gasteiger partial charge is 0.0701 e. The first-order valence-corrected chi connectivity index (χ1v) is 8.05. The lowest BCUT2D eigenvalue weighted by atomic mass is 9.95. The Morgan fingerprint density at radius 2 is 1.37 bits per heavy atom. The minimum atomic E-state index is 0.551. The molecule has 0 aliphatic carbocycles. The van der Waals surface area contributed by atoms with Crippen molar-refractivity contribution in [3.8, 4) is 0 Å². The standard InChI is InChI=1S/C15H31ClO3/c1-4-5-7-17-9-11-19-12-10-18-8-6-15(13-16)14(2)3/h14-15H,4-13H2,1-3H3. The third kappa shape index (κ3) is 12.9. The molecule has 0 aromatic rings. The van der Waals surface area contributed by atoms with Gasteiger partial charge in [0.05, 0.1) is 26.4 Å². The molecule has 0 radical (unpaired) electrons. The van der Waals surface area contributed by atoms with Crippen LogP contribution in [-0.2, 0) is 14.2 Å². The highest BCUT2D eigenvalue weighted by atomic mass is 35.5. The molecule has 0 aromatic carbocycles. The van der Waals surface area contributed by atoms with Crippen LogP contribution in [0.25, 0.3) is 0 Å². The predicted molar refractivity (Wildman–Crippen MR) is 81.0 cm³/mol. The fourth-order valence-corrected chi connectivity index (χ4v) is 2.12. The molecule has 0 aliphatic rings. The van der Waals surface area contributed by atoms with Gasteiger partial charge in [-0.1, -0.05) is 27.2 Å². The minimum absolute atomic E-state index is 0.551. The lowest BCUT2D eigenvalue weighted by molar-refractivity contribution is 0.0114. The van der Waals surface area contributed by atoms with Crippen molar-refractivity contribution in [3.63, 3.8) is 0 Å². The number of hydrogen-bond donors (Lipinski definition) is 0. The molecule has 0 N–H and O–H groups in total. The number of alkyl halides is 1. The maximum atomic E-state index is 5.90. The van der Waals surface area contributed by atoms with E-state index in [4.69, 9.17) is 25.8 Å². The van der Waals surface area contributed by atoms with E-state index in [1.807, 2.05) is 0 Å². The molecule has 1 atom stereocenters. The van der Waals surface area contributed by atoms with Crippen LogP contribution in [0.15, 0.2) is 0 Å². The van der Waals surface area contributed by atoms with Gasteiger partial charge >= 0.3 is 0 Å². The van der Waals surface area contributed by atoms with Crippen LogP contribution < -0.4 is 0 Å². The monoisotopic (exact) mass is 294 g/mol. The third-order valence-corrected chi connectivity index (χ3v) is 3.56. The Morgan fingerprint density at radius 1 is 0.842 bits per heavy atom. The lowest BCUT2D eigenvalue weighted by Gasteiger charge is -2.17. The van der Waals surface area contributed by atoms with Gasteiger partial charge in [-0.25, -0.2) is 0 Å². The Bertz CT molecular complexity index is 177. The summed E-state index contributed by atoms with van der Waals surface area (Å²) in [7, 11) is 0. The van der Waals surface area contributed by atoms with E-state index in [2.05, 4.69) is 20.8 Å². The van der Waals surface area contributed by atoms with Crippen LogP contribution in [0.1, 0.15) is 40.0 Å². The number of halogens is 1. The summed E-state index contributed by atoms with van der Waals surface area (Å²) in [5.41, 5.74) is 0. The zero-order valence-corrected chi connectivity index (χ0v) is 13.6. The van der Waals surface area contributed by atoms with Gasteiger partial charge in [0.1, 0.15) is 0 Å². The molecule has 0 heterocycles. The Morgan fingerprint density at radius 3 is 1.84 bits per heavy atom. The Hall–Kier alpha value is 0.170. The summed E-state index contributed by atoms with van der Waals surface area (Å²) in [6, 6.07) is 0. The molecule has 19 heavy (non-hydrogen) atoms. The van der Waals surface area contributed by atoms with E-state index < -0.39 is 0 Å². The van der Waals surface area contributed by atoms with Crippen LogP contribution in [0, 0.1) is 11.8 Å². The van der Waals surface area contributed by atoms with Crippen LogP contribution in [0.5, 0.6) is 0 Å². The molecule has 1 unspecified atom stereocenters. The Balaban J connectivity index is 3.14. The summed E-state index contributed by atoms with van der Waals surface area (Å²) in [6.07, 6.45) is 3.33. The molecule has 4 heteroatoms. The minimum Gasteiger partial charge on any atom is -0.379 e.